The van der Waals surface area contributed by atoms with Crippen molar-refractivity contribution in [2.75, 3.05) is 13.1 Å². The largest absolute Gasteiger partial charge is 0.300 e. The van der Waals surface area contributed by atoms with E-state index in [2.05, 4.69) is 27.7 Å². The number of nitrogens with one attached hydrogen (secondary N) is 1. The van der Waals surface area contributed by atoms with Crippen LogP contribution in [0.3, 0.4) is 0 Å². The molecule has 0 aliphatic heterocycles. The zero-order valence-corrected chi connectivity index (χ0v) is 15.3. The highest BCUT2D eigenvalue weighted by atomic mass is 19.1. The van der Waals surface area contributed by atoms with Crippen molar-refractivity contribution in [3.05, 3.63) is 29.8 Å². The van der Waals surface area contributed by atoms with Crippen LogP contribution in [0.5, 0.6) is 0 Å². The fourth-order valence-electron chi connectivity index (χ4n) is 3.42. The molecule has 1 aromatic carbocycles. The van der Waals surface area contributed by atoms with E-state index in [1.165, 1.54) is 50.3 Å². The molecule has 1 rings (SSSR count). The van der Waals surface area contributed by atoms with Gasteiger partial charge in [-0.15, -0.1) is 0 Å². The summed E-state index contributed by atoms with van der Waals surface area (Å²) >= 11 is 0. The van der Waals surface area contributed by atoms with Crippen LogP contribution in [0.2, 0.25) is 0 Å². The van der Waals surface area contributed by atoms with E-state index < -0.39 is 0 Å². The molecule has 132 valence electrons. The van der Waals surface area contributed by atoms with Crippen LogP contribution in [0, 0.1) is 23.5 Å². The standard InChI is InChI=1S/C20H33F2N/c1-5-8-17(7-3)10-9-16(4)15-23(13-6-2)20-14-18(21)11-12-19(20)22/h11-12,14,16-17H,5-10,13,15H2,1-4H3/p+1. The van der Waals surface area contributed by atoms with Gasteiger partial charge < -0.3 is 0 Å². The van der Waals surface area contributed by atoms with Gasteiger partial charge in [0.1, 0.15) is 5.82 Å². The number of hydrogen-bond acceptors (Lipinski definition) is 0. The molecule has 0 aliphatic carbocycles. The molecule has 1 aromatic rings. The third kappa shape index (κ3) is 6.99. The molecular weight excluding hydrogens is 292 g/mol. The first-order chi connectivity index (χ1) is 11.0. The maximum absolute atomic E-state index is 14.1. The third-order valence-corrected chi connectivity index (χ3v) is 4.80. The molecule has 0 aliphatic rings. The van der Waals surface area contributed by atoms with E-state index in [9.17, 15) is 8.78 Å². The lowest BCUT2D eigenvalue weighted by Crippen LogP contribution is -3.08. The first-order valence-electron chi connectivity index (χ1n) is 9.31. The van der Waals surface area contributed by atoms with Gasteiger partial charge in [-0.05, 0) is 37.3 Å². The number of rotatable bonds is 11. The Hall–Kier alpha value is -0.960. The molecule has 0 bridgehead atoms. The van der Waals surface area contributed by atoms with E-state index in [0.29, 0.717) is 11.6 Å². The topological polar surface area (TPSA) is 4.44 Å². The molecule has 0 radical (unpaired) electrons. The van der Waals surface area contributed by atoms with E-state index in [-0.39, 0.29) is 11.6 Å². The molecule has 3 unspecified atom stereocenters. The summed E-state index contributed by atoms with van der Waals surface area (Å²) in [5.41, 5.74) is 0.485. The van der Waals surface area contributed by atoms with Gasteiger partial charge in [0, 0.05) is 12.0 Å². The van der Waals surface area contributed by atoms with Gasteiger partial charge in [0.25, 0.3) is 0 Å². The van der Waals surface area contributed by atoms with Gasteiger partial charge in [-0.2, -0.15) is 0 Å². The molecule has 23 heavy (non-hydrogen) atoms. The molecule has 0 amide bonds. The predicted octanol–water partition coefficient (Wildman–Crippen LogP) is 5.13. The van der Waals surface area contributed by atoms with Gasteiger partial charge >= 0.3 is 0 Å². The van der Waals surface area contributed by atoms with Crippen molar-refractivity contribution in [3.63, 3.8) is 0 Å². The average molecular weight is 326 g/mol. The monoisotopic (exact) mass is 326 g/mol. The van der Waals surface area contributed by atoms with E-state index in [1.807, 2.05) is 0 Å². The number of halogens is 2. The van der Waals surface area contributed by atoms with Crippen molar-refractivity contribution in [2.45, 2.75) is 66.2 Å². The fraction of sp³-hybridized carbons (Fsp3) is 0.700. The number of benzene rings is 1. The highest BCUT2D eigenvalue weighted by Gasteiger charge is 2.20. The Kier molecular flexibility index (Phi) is 9.39. The predicted molar refractivity (Wildman–Crippen MR) is 94.1 cm³/mol. The van der Waals surface area contributed by atoms with Crippen molar-refractivity contribution >= 4 is 5.69 Å². The second-order valence-electron chi connectivity index (χ2n) is 6.93. The molecule has 3 atom stereocenters. The summed E-state index contributed by atoms with van der Waals surface area (Å²) in [4.78, 5) is 1.07. The van der Waals surface area contributed by atoms with Crippen LogP contribution < -0.4 is 4.90 Å². The molecule has 0 aromatic heterocycles. The highest BCUT2D eigenvalue weighted by Crippen LogP contribution is 2.20. The quantitative estimate of drug-likeness (QED) is 0.575. The van der Waals surface area contributed by atoms with Crippen molar-refractivity contribution in [3.8, 4) is 0 Å². The van der Waals surface area contributed by atoms with Gasteiger partial charge in [0.15, 0.2) is 11.5 Å². The van der Waals surface area contributed by atoms with Crippen LogP contribution >= 0.6 is 0 Å². The Balaban J connectivity index is 2.66. The first-order valence-corrected chi connectivity index (χ1v) is 9.31. The summed E-state index contributed by atoms with van der Waals surface area (Å²) in [6, 6.07) is 3.81. The average Bonchev–Trinajstić information content (AvgIpc) is 2.53. The van der Waals surface area contributed by atoms with Gasteiger partial charge in [0.2, 0.25) is 0 Å². The normalized spacial score (nSPS) is 15.4. The molecule has 0 spiro atoms. The minimum atomic E-state index is -0.350. The van der Waals surface area contributed by atoms with Crippen LogP contribution in [0.1, 0.15) is 66.2 Å². The van der Waals surface area contributed by atoms with Crippen molar-refractivity contribution in [1.29, 1.82) is 0 Å². The van der Waals surface area contributed by atoms with Crippen molar-refractivity contribution in [1.82, 2.24) is 0 Å². The lowest BCUT2D eigenvalue weighted by molar-refractivity contribution is -0.837. The third-order valence-electron chi connectivity index (χ3n) is 4.80. The maximum atomic E-state index is 14.1. The molecule has 0 saturated heterocycles. The Morgan fingerprint density at radius 1 is 1.00 bits per heavy atom. The lowest BCUT2D eigenvalue weighted by atomic mass is 9.91. The van der Waals surface area contributed by atoms with Crippen molar-refractivity contribution in [2.24, 2.45) is 11.8 Å². The summed E-state index contributed by atoms with van der Waals surface area (Å²) < 4.78 is 27.6. The van der Waals surface area contributed by atoms with Crippen LogP contribution in [-0.4, -0.2) is 13.1 Å². The second kappa shape index (κ2) is 10.7. The van der Waals surface area contributed by atoms with E-state index in [1.54, 1.807) is 0 Å². The van der Waals surface area contributed by atoms with Crippen molar-refractivity contribution < 1.29 is 13.7 Å². The Morgan fingerprint density at radius 2 is 1.74 bits per heavy atom. The van der Waals surface area contributed by atoms with Crippen LogP contribution in [-0.2, 0) is 0 Å². The lowest BCUT2D eigenvalue weighted by Gasteiger charge is -2.24. The molecule has 3 heteroatoms. The summed E-state index contributed by atoms with van der Waals surface area (Å²) in [7, 11) is 0. The molecule has 1 nitrogen and oxygen atoms in total. The summed E-state index contributed by atoms with van der Waals surface area (Å²) in [6.45, 7) is 10.6. The van der Waals surface area contributed by atoms with Gasteiger partial charge in [0.05, 0.1) is 13.1 Å². The smallest absolute Gasteiger partial charge is 0.183 e. The molecular formula is C20H34F2N+. The minimum absolute atomic E-state index is 0.292. The van der Waals surface area contributed by atoms with Crippen LogP contribution in [0.25, 0.3) is 0 Å². The fourth-order valence-corrected chi connectivity index (χ4v) is 3.42. The van der Waals surface area contributed by atoms with E-state index >= 15 is 0 Å². The summed E-state index contributed by atoms with van der Waals surface area (Å²) in [5, 5.41) is 0. The zero-order valence-electron chi connectivity index (χ0n) is 15.3. The molecule has 0 fully saturated rings. The summed E-state index contributed by atoms with van der Waals surface area (Å²) in [6.07, 6.45) is 7.16. The van der Waals surface area contributed by atoms with Crippen LogP contribution in [0.15, 0.2) is 18.2 Å². The second-order valence-corrected chi connectivity index (χ2v) is 6.93. The highest BCUT2D eigenvalue weighted by molar-refractivity contribution is 5.31. The van der Waals surface area contributed by atoms with Gasteiger partial charge in [-0.3, -0.25) is 4.90 Å². The molecule has 0 heterocycles. The van der Waals surface area contributed by atoms with Gasteiger partial charge in [-0.25, -0.2) is 8.78 Å². The van der Waals surface area contributed by atoms with Crippen LogP contribution in [0.4, 0.5) is 14.5 Å². The number of hydrogen-bond donors (Lipinski definition) is 1. The minimum Gasteiger partial charge on any atom is -0.300 e. The maximum Gasteiger partial charge on any atom is 0.183 e. The Bertz CT molecular complexity index is 447. The van der Waals surface area contributed by atoms with Gasteiger partial charge in [-0.1, -0.05) is 47.0 Å². The molecule has 1 N–H and O–H groups in total. The Labute approximate surface area is 141 Å². The summed E-state index contributed by atoms with van der Waals surface area (Å²) in [5.74, 6) is 0.684. The zero-order chi connectivity index (χ0) is 17.2. The first kappa shape index (κ1) is 20.1. The molecule has 0 saturated carbocycles. The Morgan fingerprint density at radius 3 is 2.35 bits per heavy atom. The van der Waals surface area contributed by atoms with E-state index in [4.69, 9.17) is 0 Å². The number of quaternary nitrogens is 1. The van der Waals surface area contributed by atoms with E-state index in [0.717, 1.165) is 30.3 Å². The SMILES string of the molecule is CCCC(CC)CCC(C)C[NH+](CCC)c1cc(F)ccc1F.